The van der Waals surface area contributed by atoms with Crippen LogP contribution in [0, 0.1) is 0 Å². The van der Waals surface area contributed by atoms with E-state index in [1.54, 1.807) is 59.1 Å². The molecule has 0 fully saturated rings. The monoisotopic (exact) mass is 511 g/mol. The van der Waals surface area contributed by atoms with E-state index in [-0.39, 0.29) is 5.75 Å². The maximum Gasteiger partial charge on any atom is 0.459 e. The Morgan fingerprint density at radius 2 is 1.87 bits per heavy atom. The summed E-state index contributed by atoms with van der Waals surface area (Å²) >= 11 is 2.14. The van der Waals surface area contributed by atoms with E-state index in [2.05, 4.69) is 35.6 Å². The Labute approximate surface area is 184 Å². The number of benzene rings is 2. The lowest BCUT2D eigenvalue weighted by molar-refractivity contribution is -0.0803. The third-order valence-corrected chi connectivity index (χ3v) is 5.04. The molecule has 12 heteroatoms. The van der Waals surface area contributed by atoms with Crippen LogP contribution in [0.5, 0.6) is 5.75 Å². The van der Waals surface area contributed by atoms with Crippen LogP contribution in [0.4, 0.5) is 14.5 Å². The van der Waals surface area contributed by atoms with Gasteiger partial charge in [-0.3, -0.25) is 9.40 Å². The van der Waals surface area contributed by atoms with Gasteiger partial charge in [-0.1, -0.05) is 0 Å². The fraction of sp³-hybridized carbons (Fsp3) is 0.158. The quantitative estimate of drug-likeness (QED) is 0.393. The van der Waals surface area contributed by atoms with Crippen LogP contribution in [-0.4, -0.2) is 39.3 Å². The summed E-state index contributed by atoms with van der Waals surface area (Å²) in [6.45, 7) is 0. The van der Waals surface area contributed by atoms with Crippen LogP contribution >= 0.6 is 15.9 Å². The predicted molar refractivity (Wildman–Crippen MR) is 116 cm³/mol. The zero-order valence-corrected chi connectivity index (χ0v) is 18.7. The highest BCUT2D eigenvalue weighted by molar-refractivity contribution is 9.09. The summed E-state index contributed by atoms with van der Waals surface area (Å²) in [6, 6.07) is 11.0. The molecule has 0 amide bonds. The van der Waals surface area contributed by atoms with Gasteiger partial charge in [0.05, 0.1) is 23.7 Å². The lowest BCUT2D eigenvalue weighted by atomic mass is 10.1. The van der Waals surface area contributed by atoms with Crippen molar-refractivity contribution in [1.29, 1.82) is 0 Å². The van der Waals surface area contributed by atoms with Crippen molar-refractivity contribution in [3.63, 3.8) is 0 Å². The third-order valence-electron chi connectivity index (χ3n) is 4.28. The number of aromatic nitrogens is 4. The van der Waals surface area contributed by atoms with E-state index in [9.17, 15) is 17.2 Å². The van der Waals surface area contributed by atoms with Crippen molar-refractivity contribution in [2.45, 2.75) is 5.02 Å². The summed E-state index contributed by atoms with van der Waals surface area (Å²) < 4.78 is 59.5. The predicted octanol–water partition coefficient (Wildman–Crippen LogP) is 4.12. The summed E-state index contributed by atoms with van der Waals surface area (Å²) in [5.74, 6) is -0.0193. The fourth-order valence-corrected chi connectivity index (χ4v) is 3.88. The molecule has 4 rings (SSSR count). The van der Waals surface area contributed by atoms with Crippen molar-refractivity contribution in [3.05, 3.63) is 54.9 Å². The Balaban J connectivity index is 1.84. The SMILES string of the molecule is Cn1cc(-c2nn(-c3ccc(OC(F)(F)Br)cc3)c3ccc(NS(C)(=O)=O)cc23)cn1. The third kappa shape index (κ3) is 4.85. The first-order valence-corrected chi connectivity index (χ1v) is 11.5. The van der Waals surface area contributed by atoms with Crippen LogP contribution in [0.1, 0.15) is 0 Å². The summed E-state index contributed by atoms with van der Waals surface area (Å²) in [7, 11) is -1.68. The first-order valence-electron chi connectivity index (χ1n) is 8.84. The van der Waals surface area contributed by atoms with Crippen LogP contribution in [0.2, 0.25) is 0 Å². The number of aryl methyl sites for hydroxylation is 1. The van der Waals surface area contributed by atoms with Crippen molar-refractivity contribution in [2.24, 2.45) is 7.05 Å². The van der Waals surface area contributed by atoms with E-state index in [0.717, 1.165) is 11.8 Å². The van der Waals surface area contributed by atoms with Gasteiger partial charge in [0.1, 0.15) is 11.4 Å². The number of ether oxygens (including phenoxy) is 1. The number of alkyl halides is 3. The molecule has 2 aromatic heterocycles. The largest absolute Gasteiger partial charge is 0.459 e. The number of hydrogen-bond acceptors (Lipinski definition) is 5. The standard InChI is InChI=1S/C19H16BrF2N5O3S/c1-26-11-12(10-23-26)18-16-9-13(25-31(2,28)29)3-8-17(16)27(24-18)14-4-6-15(7-5-14)30-19(20,21)22/h3-11,25H,1-2H3. The molecule has 0 unspecified atom stereocenters. The zero-order chi connectivity index (χ0) is 22.4. The summed E-state index contributed by atoms with van der Waals surface area (Å²) in [5.41, 5.74) is 3.02. The van der Waals surface area contributed by atoms with Crippen molar-refractivity contribution >= 4 is 42.5 Å². The Bertz CT molecular complexity index is 1360. The molecule has 2 aromatic carbocycles. The number of fused-ring (bicyclic) bond motifs is 1. The van der Waals surface area contributed by atoms with Gasteiger partial charge in [0, 0.05) is 45.8 Å². The van der Waals surface area contributed by atoms with Gasteiger partial charge in [-0.25, -0.2) is 13.1 Å². The highest BCUT2D eigenvalue weighted by Gasteiger charge is 2.26. The number of anilines is 1. The molecule has 0 aliphatic carbocycles. The molecule has 0 atom stereocenters. The van der Waals surface area contributed by atoms with Gasteiger partial charge in [-0.05, 0) is 42.5 Å². The van der Waals surface area contributed by atoms with Crippen LogP contribution in [0.3, 0.4) is 0 Å². The molecule has 2 heterocycles. The topological polar surface area (TPSA) is 91.0 Å². The molecule has 4 aromatic rings. The second kappa shape index (κ2) is 7.61. The summed E-state index contributed by atoms with van der Waals surface area (Å²) in [6.07, 6.45) is 4.51. The number of sulfonamides is 1. The van der Waals surface area contributed by atoms with Crippen LogP contribution in [0.25, 0.3) is 27.8 Å². The van der Waals surface area contributed by atoms with Crippen molar-refractivity contribution in [1.82, 2.24) is 19.6 Å². The summed E-state index contributed by atoms with van der Waals surface area (Å²) in [5, 5.41) is 6.07. The molecule has 31 heavy (non-hydrogen) atoms. The van der Waals surface area contributed by atoms with Gasteiger partial charge in [0.25, 0.3) is 0 Å². The molecular formula is C19H16BrF2N5O3S. The molecule has 0 bridgehead atoms. The number of rotatable bonds is 6. The minimum absolute atomic E-state index is 0.0193. The van der Waals surface area contributed by atoms with Gasteiger partial charge >= 0.3 is 5.02 Å². The highest BCUT2D eigenvalue weighted by Crippen LogP contribution is 2.33. The van der Waals surface area contributed by atoms with Crippen LogP contribution < -0.4 is 9.46 Å². The molecule has 1 N–H and O–H groups in total. The number of halogens is 3. The molecule has 0 saturated carbocycles. The molecule has 162 valence electrons. The fourth-order valence-electron chi connectivity index (χ4n) is 3.14. The maximum absolute atomic E-state index is 13.0. The molecular weight excluding hydrogens is 496 g/mol. The molecule has 0 aliphatic rings. The molecule has 0 aliphatic heterocycles. The first kappa shape index (κ1) is 21.2. The van der Waals surface area contributed by atoms with E-state index < -0.39 is 15.0 Å². The van der Waals surface area contributed by atoms with Crippen LogP contribution in [-0.2, 0) is 17.1 Å². The molecule has 0 radical (unpaired) electrons. The Morgan fingerprint density at radius 1 is 1.16 bits per heavy atom. The second-order valence-electron chi connectivity index (χ2n) is 6.81. The van der Waals surface area contributed by atoms with Gasteiger partial charge in [-0.15, -0.1) is 0 Å². The van der Waals surface area contributed by atoms with Crippen molar-refractivity contribution in [3.8, 4) is 22.7 Å². The maximum atomic E-state index is 13.0. The van der Waals surface area contributed by atoms with E-state index in [4.69, 9.17) is 0 Å². The first-order chi connectivity index (χ1) is 14.5. The number of nitrogens with zero attached hydrogens (tertiary/aromatic N) is 4. The average molecular weight is 512 g/mol. The van der Waals surface area contributed by atoms with E-state index in [1.807, 2.05) is 0 Å². The Morgan fingerprint density at radius 3 is 2.45 bits per heavy atom. The van der Waals surface area contributed by atoms with Crippen molar-refractivity contribution < 1.29 is 21.9 Å². The molecule has 0 spiro atoms. The highest BCUT2D eigenvalue weighted by atomic mass is 79.9. The van der Waals surface area contributed by atoms with E-state index in [1.165, 1.54) is 12.1 Å². The van der Waals surface area contributed by atoms with Gasteiger partial charge in [0.15, 0.2) is 0 Å². The lowest BCUT2D eigenvalue weighted by Gasteiger charge is -2.11. The molecule has 8 nitrogen and oxygen atoms in total. The molecule has 0 saturated heterocycles. The Hall–Kier alpha value is -2.99. The zero-order valence-electron chi connectivity index (χ0n) is 16.3. The Kier molecular flexibility index (Phi) is 5.21. The van der Waals surface area contributed by atoms with Gasteiger partial charge in [0.2, 0.25) is 10.0 Å². The average Bonchev–Trinajstić information content (AvgIpc) is 3.23. The van der Waals surface area contributed by atoms with Gasteiger partial charge < -0.3 is 4.74 Å². The van der Waals surface area contributed by atoms with E-state index >= 15 is 0 Å². The summed E-state index contributed by atoms with van der Waals surface area (Å²) in [4.78, 5) is 0. The van der Waals surface area contributed by atoms with Crippen LogP contribution in [0.15, 0.2) is 54.9 Å². The second-order valence-corrected chi connectivity index (χ2v) is 9.48. The van der Waals surface area contributed by atoms with Crippen molar-refractivity contribution in [2.75, 3.05) is 11.0 Å². The lowest BCUT2D eigenvalue weighted by Crippen LogP contribution is -2.14. The number of nitrogens with one attached hydrogen (secondary N) is 1. The normalized spacial score (nSPS) is 12.3. The number of hydrogen-bond donors (Lipinski definition) is 1. The minimum Gasteiger partial charge on any atom is -0.424 e. The smallest absolute Gasteiger partial charge is 0.424 e. The van der Waals surface area contributed by atoms with Gasteiger partial charge in [-0.2, -0.15) is 19.0 Å². The van der Waals surface area contributed by atoms with E-state index in [0.29, 0.717) is 28.0 Å². The minimum atomic E-state index is -3.47.